The Kier molecular flexibility index (Phi) is 5.15. The summed E-state index contributed by atoms with van der Waals surface area (Å²) >= 11 is 0. The molecule has 2 atom stereocenters. The van der Waals surface area contributed by atoms with Crippen LogP contribution in [-0.2, 0) is 14.3 Å². The zero-order chi connectivity index (χ0) is 13.7. The van der Waals surface area contributed by atoms with Crippen LogP contribution in [0.1, 0.15) is 13.3 Å². The van der Waals surface area contributed by atoms with Crippen molar-refractivity contribution in [1.82, 2.24) is 10.2 Å². The molecule has 0 radical (unpaired) electrons. The van der Waals surface area contributed by atoms with E-state index in [4.69, 9.17) is 9.47 Å². The van der Waals surface area contributed by atoms with Gasteiger partial charge in [-0.15, -0.1) is 0 Å². The van der Waals surface area contributed by atoms with E-state index in [2.05, 4.69) is 10.2 Å². The highest BCUT2D eigenvalue weighted by Gasteiger charge is 2.45. The number of rotatable bonds is 5. The van der Waals surface area contributed by atoms with Gasteiger partial charge in [-0.3, -0.25) is 9.69 Å². The molecule has 110 valence electrons. The molecule has 0 saturated carbocycles. The van der Waals surface area contributed by atoms with Gasteiger partial charge in [-0.1, -0.05) is 6.92 Å². The lowest BCUT2D eigenvalue weighted by molar-refractivity contribution is -0.166. The summed E-state index contributed by atoms with van der Waals surface area (Å²) in [5.74, 6) is -1.26. The van der Waals surface area contributed by atoms with Crippen molar-refractivity contribution in [3.05, 3.63) is 0 Å². The third-order valence-electron chi connectivity index (χ3n) is 4.17. The summed E-state index contributed by atoms with van der Waals surface area (Å²) in [7, 11) is 0. The Morgan fingerprint density at radius 2 is 2.16 bits per heavy atom. The van der Waals surface area contributed by atoms with Gasteiger partial charge < -0.3 is 19.9 Å². The van der Waals surface area contributed by atoms with Gasteiger partial charge in [0, 0.05) is 32.7 Å². The van der Waals surface area contributed by atoms with Crippen molar-refractivity contribution < 1.29 is 19.4 Å². The summed E-state index contributed by atoms with van der Waals surface area (Å²) in [6.07, 6.45) is 0.710. The molecule has 2 N–H and O–H groups in total. The first kappa shape index (κ1) is 14.7. The SMILES string of the molecule is CC[C@@]1(C(CN2CCOCC2)C(=O)O)CNCCO1. The molecule has 1 unspecified atom stereocenters. The molecule has 2 aliphatic heterocycles. The number of nitrogens with zero attached hydrogens (tertiary/aromatic N) is 1. The zero-order valence-corrected chi connectivity index (χ0v) is 11.6. The fourth-order valence-electron chi connectivity index (χ4n) is 2.89. The maximum Gasteiger partial charge on any atom is 0.310 e. The first-order valence-corrected chi connectivity index (χ1v) is 7.05. The average Bonchev–Trinajstić information content (AvgIpc) is 2.46. The number of nitrogens with one attached hydrogen (secondary N) is 1. The van der Waals surface area contributed by atoms with Crippen LogP contribution in [0, 0.1) is 5.92 Å². The van der Waals surface area contributed by atoms with Crippen LogP contribution in [0.4, 0.5) is 0 Å². The third-order valence-corrected chi connectivity index (χ3v) is 4.17. The molecule has 2 rings (SSSR count). The number of morpholine rings is 2. The minimum atomic E-state index is -0.767. The van der Waals surface area contributed by atoms with Gasteiger partial charge in [0.1, 0.15) is 0 Å². The van der Waals surface area contributed by atoms with Crippen LogP contribution >= 0.6 is 0 Å². The van der Waals surface area contributed by atoms with Crippen LogP contribution in [-0.4, -0.2) is 74.1 Å². The molecule has 2 aliphatic rings. The lowest BCUT2D eigenvalue weighted by Crippen LogP contribution is -2.59. The predicted octanol–water partition coefficient (Wildman–Crippen LogP) is -0.212. The Morgan fingerprint density at radius 3 is 2.68 bits per heavy atom. The van der Waals surface area contributed by atoms with Gasteiger partial charge in [-0.2, -0.15) is 0 Å². The van der Waals surface area contributed by atoms with Crippen molar-refractivity contribution in [3.8, 4) is 0 Å². The van der Waals surface area contributed by atoms with E-state index in [0.29, 0.717) is 39.3 Å². The Morgan fingerprint density at radius 1 is 1.42 bits per heavy atom. The summed E-state index contributed by atoms with van der Waals surface area (Å²) < 4.78 is 11.2. The Bertz CT molecular complexity index is 299. The van der Waals surface area contributed by atoms with E-state index < -0.39 is 17.5 Å². The molecule has 0 bridgehead atoms. The number of carboxylic acids is 1. The molecule has 2 heterocycles. The molecule has 6 nitrogen and oxygen atoms in total. The lowest BCUT2D eigenvalue weighted by Gasteiger charge is -2.43. The minimum absolute atomic E-state index is 0.497. The predicted molar refractivity (Wildman–Crippen MR) is 70.2 cm³/mol. The largest absolute Gasteiger partial charge is 0.481 e. The highest BCUT2D eigenvalue weighted by atomic mass is 16.5. The summed E-state index contributed by atoms with van der Waals surface area (Å²) in [5.41, 5.74) is -0.581. The molecule has 0 aromatic heterocycles. The van der Waals surface area contributed by atoms with Gasteiger partial charge in [0.15, 0.2) is 0 Å². The van der Waals surface area contributed by atoms with Crippen molar-refractivity contribution in [2.75, 3.05) is 52.5 Å². The van der Waals surface area contributed by atoms with E-state index in [-0.39, 0.29) is 0 Å². The first-order chi connectivity index (χ1) is 9.18. The number of hydrogen-bond donors (Lipinski definition) is 2. The fourth-order valence-corrected chi connectivity index (χ4v) is 2.89. The molecule has 0 amide bonds. The van der Waals surface area contributed by atoms with Gasteiger partial charge in [0.25, 0.3) is 0 Å². The van der Waals surface area contributed by atoms with Crippen LogP contribution < -0.4 is 5.32 Å². The molecule has 2 saturated heterocycles. The molecule has 0 spiro atoms. The topological polar surface area (TPSA) is 71.0 Å². The molecule has 0 aromatic carbocycles. The van der Waals surface area contributed by atoms with Gasteiger partial charge >= 0.3 is 5.97 Å². The maximum atomic E-state index is 11.7. The highest BCUT2D eigenvalue weighted by Crippen LogP contribution is 2.29. The molecular weight excluding hydrogens is 248 g/mol. The van der Waals surface area contributed by atoms with E-state index in [1.807, 2.05) is 6.92 Å². The van der Waals surface area contributed by atoms with Gasteiger partial charge in [0.2, 0.25) is 0 Å². The van der Waals surface area contributed by atoms with Crippen LogP contribution in [0.25, 0.3) is 0 Å². The molecule has 0 aromatic rings. The third kappa shape index (κ3) is 3.45. The lowest BCUT2D eigenvalue weighted by atomic mass is 9.83. The van der Waals surface area contributed by atoms with E-state index in [9.17, 15) is 9.90 Å². The van der Waals surface area contributed by atoms with Crippen LogP contribution in [0.5, 0.6) is 0 Å². The van der Waals surface area contributed by atoms with Crippen LogP contribution in [0.3, 0.4) is 0 Å². The molecule has 6 heteroatoms. The van der Waals surface area contributed by atoms with Crippen molar-refractivity contribution in [3.63, 3.8) is 0 Å². The Hall–Kier alpha value is -0.690. The van der Waals surface area contributed by atoms with Crippen molar-refractivity contribution in [2.24, 2.45) is 5.92 Å². The fraction of sp³-hybridized carbons (Fsp3) is 0.923. The van der Waals surface area contributed by atoms with Crippen molar-refractivity contribution >= 4 is 5.97 Å². The van der Waals surface area contributed by atoms with Crippen LogP contribution in [0.15, 0.2) is 0 Å². The first-order valence-electron chi connectivity index (χ1n) is 7.05. The molecule has 19 heavy (non-hydrogen) atoms. The number of carboxylic acid groups (broad SMARTS) is 1. The maximum absolute atomic E-state index is 11.7. The summed E-state index contributed by atoms with van der Waals surface area (Å²) in [6.45, 7) is 7.51. The Balaban J connectivity index is 2.06. The second-order valence-electron chi connectivity index (χ2n) is 5.25. The summed E-state index contributed by atoms with van der Waals surface area (Å²) in [5, 5.41) is 12.9. The number of hydrogen-bond acceptors (Lipinski definition) is 5. The normalized spacial score (nSPS) is 31.0. The van der Waals surface area contributed by atoms with E-state index >= 15 is 0 Å². The van der Waals surface area contributed by atoms with E-state index in [1.165, 1.54) is 0 Å². The summed E-state index contributed by atoms with van der Waals surface area (Å²) in [6, 6.07) is 0. The zero-order valence-electron chi connectivity index (χ0n) is 11.6. The quantitative estimate of drug-likeness (QED) is 0.721. The van der Waals surface area contributed by atoms with Crippen molar-refractivity contribution in [1.29, 1.82) is 0 Å². The van der Waals surface area contributed by atoms with Crippen LogP contribution in [0.2, 0.25) is 0 Å². The van der Waals surface area contributed by atoms with Gasteiger partial charge in [-0.25, -0.2) is 0 Å². The average molecular weight is 272 g/mol. The standard InChI is InChI=1S/C13H24N2O4/c1-2-13(10-14-3-6-19-13)11(12(16)17)9-15-4-7-18-8-5-15/h11,14H,2-10H2,1H3,(H,16,17)/t11?,13-/m0/s1. The van der Waals surface area contributed by atoms with Crippen molar-refractivity contribution in [2.45, 2.75) is 18.9 Å². The number of carbonyl (C=O) groups is 1. The smallest absolute Gasteiger partial charge is 0.310 e. The number of aliphatic carboxylic acids is 1. The molecule has 2 fully saturated rings. The molecule has 0 aliphatic carbocycles. The molecular formula is C13H24N2O4. The Labute approximate surface area is 114 Å². The second-order valence-corrected chi connectivity index (χ2v) is 5.25. The minimum Gasteiger partial charge on any atom is -0.481 e. The van der Waals surface area contributed by atoms with Gasteiger partial charge in [-0.05, 0) is 6.42 Å². The second kappa shape index (κ2) is 6.65. The number of ether oxygens (including phenoxy) is 2. The van der Waals surface area contributed by atoms with E-state index in [0.717, 1.165) is 19.6 Å². The van der Waals surface area contributed by atoms with Gasteiger partial charge in [0.05, 0.1) is 31.3 Å². The monoisotopic (exact) mass is 272 g/mol. The summed E-state index contributed by atoms with van der Waals surface area (Å²) in [4.78, 5) is 13.8. The van der Waals surface area contributed by atoms with E-state index in [1.54, 1.807) is 0 Å². The highest BCUT2D eigenvalue weighted by molar-refractivity contribution is 5.72.